The number of carbonyl (C=O) groups excluding carboxylic acids is 1. The van der Waals surface area contributed by atoms with Gasteiger partial charge in [0.2, 0.25) is 0 Å². The number of rotatable bonds is 2. The van der Waals surface area contributed by atoms with E-state index in [1.165, 1.54) is 19.2 Å². The predicted octanol–water partition coefficient (Wildman–Crippen LogP) is 2.91. The van der Waals surface area contributed by atoms with Crippen LogP contribution in [0.1, 0.15) is 28.2 Å². The zero-order valence-electron chi connectivity index (χ0n) is 7.88. The van der Waals surface area contributed by atoms with E-state index in [-0.39, 0.29) is 10.9 Å². The molecule has 0 aromatic heterocycles. The molecular formula is C10H10ClFO2. The largest absolute Gasteiger partial charge is 0.465 e. The molecule has 76 valence electrons. The fraction of sp³-hybridized carbons (Fsp3) is 0.300. The third-order valence-electron chi connectivity index (χ3n) is 1.86. The molecule has 0 saturated heterocycles. The predicted molar refractivity (Wildman–Crippen MR) is 52.0 cm³/mol. The van der Waals surface area contributed by atoms with Crippen molar-refractivity contribution in [3.8, 4) is 0 Å². The van der Waals surface area contributed by atoms with Gasteiger partial charge in [0.1, 0.15) is 5.82 Å². The van der Waals surface area contributed by atoms with Crippen molar-refractivity contribution in [1.29, 1.82) is 0 Å². The average Bonchev–Trinajstić information content (AvgIpc) is 2.17. The molecule has 0 saturated carbocycles. The minimum absolute atomic E-state index is 0.0856. The van der Waals surface area contributed by atoms with Gasteiger partial charge in [-0.2, -0.15) is 0 Å². The van der Waals surface area contributed by atoms with E-state index in [9.17, 15) is 9.18 Å². The van der Waals surface area contributed by atoms with Crippen molar-refractivity contribution in [2.75, 3.05) is 7.11 Å². The number of esters is 1. The second-order valence-corrected chi connectivity index (χ2v) is 3.50. The maximum Gasteiger partial charge on any atom is 0.340 e. The molecule has 0 amide bonds. The second kappa shape index (κ2) is 4.42. The molecular weight excluding hydrogens is 207 g/mol. The molecule has 1 atom stereocenters. The van der Waals surface area contributed by atoms with Gasteiger partial charge in [-0.3, -0.25) is 0 Å². The Morgan fingerprint density at radius 1 is 1.57 bits per heavy atom. The Hall–Kier alpha value is -1.09. The zero-order chi connectivity index (χ0) is 10.7. The molecule has 1 aromatic rings. The van der Waals surface area contributed by atoms with Crippen LogP contribution in [0, 0.1) is 5.82 Å². The molecule has 0 heterocycles. The van der Waals surface area contributed by atoms with Gasteiger partial charge in [-0.1, -0.05) is 6.07 Å². The van der Waals surface area contributed by atoms with Gasteiger partial charge in [0.25, 0.3) is 0 Å². The van der Waals surface area contributed by atoms with Crippen molar-refractivity contribution in [2.45, 2.75) is 12.3 Å². The summed E-state index contributed by atoms with van der Waals surface area (Å²) in [5, 5.41) is -0.265. The SMILES string of the molecule is COC(=O)c1cc(C(C)Cl)ccc1F. The molecule has 0 spiro atoms. The van der Waals surface area contributed by atoms with Gasteiger partial charge < -0.3 is 4.74 Å². The van der Waals surface area contributed by atoms with Gasteiger partial charge >= 0.3 is 5.97 Å². The fourth-order valence-corrected chi connectivity index (χ4v) is 1.19. The zero-order valence-corrected chi connectivity index (χ0v) is 8.64. The van der Waals surface area contributed by atoms with Gasteiger partial charge in [-0.25, -0.2) is 9.18 Å². The molecule has 0 aliphatic heterocycles. The molecule has 0 N–H and O–H groups in total. The molecule has 0 fully saturated rings. The lowest BCUT2D eigenvalue weighted by atomic mass is 10.1. The van der Waals surface area contributed by atoms with Gasteiger partial charge in [-0.15, -0.1) is 11.6 Å². The van der Waals surface area contributed by atoms with Crippen molar-refractivity contribution >= 4 is 17.6 Å². The molecule has 4 heteroatoms. The highest BCUT2D eigenvalue weighted by molar-refractivity contribution is 6.20. The van der Waals surface area contributed by atoms with Crippen LogP contribution in [0.25, 0.3) is 0 Å². The average molecular weight is 217 g/mol. The maximum atomic E-state index is 13.1. The molecule has 1 unspecified atom stereocenters. The summed E-state index contributed by atoms with van der Waals surface area (Å²) in [6.07, 6.45) is 0. The smallest absolute Gasteiger partial charge is 0.340 e. The number of benzene rings is 1. The maximum absolute atomic E-state index is 13.1. The quantitative estimate of drug-likeness (QED) is 0.561. The number of alkyl halides is 1. The summed E-state index contributed by atoms with van der Waals surface area (Å²) in [6, 6.07) is 4.15. The fourth-order valence-electron chi connectivity index (χ4n) is 1.06. The highest BCUT2D eigenvalue weighted by Crippen LogP contribution is 2.22. The van der Waals surface area contributed by atoms with E-state index in [2.05, 4.69) is 4.74 Å². The van der Waals surface area contributed by atoms with Crippen LogP contribution in [0.2, 0.25) is 0 Å². The van der Waals surface area contributed by atoms with Crippen LogP contribution < -0.4 is 0 Å². The van der Waals surface area contributed by atoms with Crippen LogP contribution in [0.15, 0.2) is 18.2 Å². The number of methoxy groups -OCH3 is 1. The normalized spacial score (nSPS) is 12.3. The number of hydrogen-bond donors (Lipinski definition) is 0. The topological polar surface area (TPSA) is 26.3 Å². The highest BCUT2D eigenvalue weighted by atomic mass is 35.5. The first kappa shape index (κ1) is 11.0. The van der Waals surface area contributed by atoms with Crippen LogP contribution in [0.5, 0.6) is 0 Å². The van der Waals surface area contributed by atoms with Gasteiger partial charge in [-0.05, 0) is 24.6 Å². The van der Waals surface area contributed by atoms with E-state index in [0.717, 1.165) is 0 Å². The summed E-state index contributed by atoms with van der Waals surface area (Å²) < 4.78 is 17.6. The molecule has 1 aromatic carbocycles. The van der Waals surface area contributed by atoms with E-state index < -0.39 is 11.8 Å². The molecule has 0 radical (unpaired) electrons. The molecule has 2 nitrogen and oxygen atoms in total. The minimum Gasteiger partial charge on any atom is -0.465 e. The Kier molecular flexibility index (Phi) is 3.47. The molecule has 1 rings (SSSR count). The lowest BCUT2D eigenvalue weighted by molar-refractivity contribution is 0.0595. The lowest BCUT2D eigenvalue weighted by Gasteiger charge is -2.06. The van der Waals surface area contributed by atoms with Crippen molar-refractivity contribution in [2.24, 2.45) is 0 Å². The van der Waals surface area contributed by atoms with E-state index in [1.54, 1.807) is 13.0 Å². The Labute approximate surface area is 86.6 Å². The van der Waals surface area contributed by atoms with Crippen LogP contribution in [0.3, 0.4) is 0 Å². The van der Waals surface area contributed by atoms with E-state index in [1.807, 2.05) is 0 Å². The summed E-state index contributed by atoms with van der Waals surface area (Å²) in [5.74, 6) is -1.29. The summed E-state index contributed by atoms with van der Waals surface area (Å²) >= 11 is 5.80. The van der Waals surface area contributed by atoms with Crippen molar-refractivity contribution in [3.05, 3.63) is 35.1 Å². The monoisotopic (exact) mass is 216 g/mol. The molecule has 0 aliphatic rings. The van der Waals surface area contributed by atoms with Crippen LogP contribution in [-0.4, -0.2) is 13.1 Å². The number of ether oxygens (including phenoxy) is 1. The third kappa shape index (κ3) is 2.23. The van der Waals surface area contributed by atoms with Crippen LogP contribution in [0.4, 0.5) is 4.39 Å². The molecule has 0 aliphatic carbocycles. The van der Waals surface area contributed by atoms with Crippen LogP contribution >= 0.6 is 11.6 Å². The Balaban J connectivity index is 3.15. The number of carbonyl (C=O) groups is 1. The summed E-state index contributed by atoms with van der Waals surface area (Å²) in [4.78, 5) is 11.1. The van der Waals surface area contributed by atoms with E-state index in [4.69, 9.17) is 11.6 Å². The number of halogens is 2. The Morgan fingerprint density at radius 3 is 2.71 bits per heavy atom. The first-order valence-electron chi connectivity index (χ1n) is 4.08. The lowest BCUT2D eigenvalue weighted by Crippen LogP contribution is -2.05. The second-order valence-electron chi connectivity index (χ2n) is 2.85. The van der Waals surface area contributed by atoms with Gasteiger partial charge in [0, 0.05) is 0 Å². The minimum atomic E-state index is -0.693. The number of hydrogen-bond acceptors (Lipinski definition) is 2. The highest BCUT2D eigenvalue weighted by Gasteiger charge is 2.13. The van der Waals surface area contributed by atoms with Gasteiger partial charge in [0.05, 0.1) is 18.1 Å². The van der Waals surface area contributed by atoms with Crippen molar-refractivity contribution in [3.63, 3.8) is 0 Å². The molecule has 0 bridgehead atoms. The third-order valence-corrected chi connectivity index (χ3v) is 2.11. The standard InChI is InChI=1S/C10H10ClFO2/c1-6(11)7-3-4-9(12)8(5-7)10(13)14-2/h3-6H,1-2H3. The Morgan fingerprint density at radius 2 is 2.21 bits per heavy atom. The van der Waals surface area contributed by atoms with Crippen molar-refractivity contribution < 1.29 is 13.9 Å². The van der Waals surface area contributed by atoms with Crippen LogP contribution in [-0.2, 0) is 4.74 Å². The first-order chi connectivity index (χ1) is 6.56. The summed E-state index contributed by atoms with van der Waals surface area (Å²) in [6.45, 7) is 1.75. The van der Waals surface area contributed by atoms with Gasteiger partial charge in [0.15, 0.2) is 0 Å². The summed E-state index contributed by atoms with van der Waals surface area (Å²) in [5.41, 5.74) is 0.603. The van der Waals surface area contributed by atoms with E-state index in [0.29, 0.717) is 5.56 Å². The molecule has 14 heavy (non-hydrogen) atoms. The van der Waals surface area contributed by atoms with Crippen molar-refractivity contribution in [1.82, 2.24) is 0 Å². The first-order valence-corrected chi connectivity index (χ1v) is 4.51. The Bertz CT molecular complexity index is 350. The van der Waals surface area contributed by atoms with E-state index >= 15 is 0 Å². The summed E-state index contributed by atoms with van der Waals surface area (Å²) in [7, 11) is 1.21.